The van der Waals surface area contributed by atoms with Crippen LogP contribution in [-0.4, -0.2) is 36.2 Å². The molecule has 1 heterocycles. The van der Waals surface area contributed by atoms with Crippen LogP contribution in [0.2, 0.25) is 0 Å². The monoisotopic (exact) mass is 365 g/mol. The molecule has 1 aliphatic heterocycles. The second-order valence-corrected chi connectivity index (χ2v) is 6.63. The van der Waals surface area contributed by atoms with E-state index in [0.717, 1.165) is 12.2 Å². The molecule has 140 valence electrons. The Bertz CT molecular complexity index is 802. The fourth-order valence-corrected chi connectivity index (χ4v) is 3.06. The van der Waals surface area contributed by atoms with Crippen LogP contribution in [0.5, 0.6) is 0 Å². The molecule has 2 aromatic carbocycles. The maximum absolute atomic E-state index is 12.1. The van der Waals surface area contributed by atoms with Crippen LogP contribution in [0.25, 0.3) is 0 Å². The van der Waals surface area contributed by atoms with Crippen LogP contribution in [-0.2, 0) is 20.9 Å². The van der Waals surface area contributed by atoms with E-state index in [4.69, 9.17) is 0 Å². The SMILES string of the molecule is CN(Cc1ccccc1)c1ccc(NC(=O)CCN2C(=O)CCC2=O)cc1. The molecule has 0 bridgehead atoms. The molecule has 0 radical (unpaired) electrons. The third-order valence-corrected chi connectivity index (χ3v) is 4.57. The second kappa shape index (κ2) is 8.49. The van der Waals surface area contributed by atoms with Crippen molar-refractivity contribution in [2.45, 2.75) is 25.8 Å². The van der Waals surface area contributed by atoms with Gasteiger partial charge in [0.2, 0.25) is 17.7 Å². The number of hydrogen-bond donors (Lipinski definition) is 1. The zero-order valence-electron chi connectivity index (χ0n) is 15.4. The Morgan fingerprint density at radius 1 is 1.00 bits per heavy atom. The number of amides is 3. The summed E-state index contributed by atoms with van der Waals surface area (Å²) in [6.07, 6.45) is 0.601. The van der Waals surface area contributed by atoms with Gasteiger partial charge in [-0.25, -0.2) is 0 Å². The van der Waals surface area contributed by atoms with Crippen molar-refractivity contribution in [2.24, 2.45) is 0 Å². The summed E-state index contributed by atoms with van der Waals surface area (Å²) in [5.41, 5.74) is 2.96. The highest BCUT2D eigenvalue weighted by atomic mass is 16.2. The van der Waals surface area contributed by atoms with Crippen molar-refractivity contribution >= 4 is 29.1 Å². The Balaban J connectivity index is 1.50. The Kier molecular flexibility index (Phi) is 5.86. The zero-order chi connectivity index (χ0) is 19.2. The molecular formula is C21H23N3O3. The highest BCUT2D eigenvalue weighted by molar-refractivity contribution is 6.02. The first kappa shape index (κ1) is 18.6. The molecule has 0 spiro atoms. The standard InChI is InChI=1S/C21H23N3O3/c1-23(15-16-5-3-2-4-6-16)18-9-7-17(8-10-18)22-19(25)13-14-24-20(26)11-12-21(24)27/h2-10H,11-15H2,1H3,(H,22,25). The first-order valence-corrected chi connectivity index (χ1v) is 9.01. The van der Waals surface area contributed by atoms with Gasteiger partial charge in [0, 0.05) is 50.8 Å². The lowest BCUT2D eigenvalue weighted by Crippen LogP contribution is -2.32. The van der Waals surface area contributed by atoms with Crippen LogP contribution in [0.3, 0.4) is 0 Å². The summed E-state index contributed by atoms with van der Waals surface area (Å²) in [6.45, 7) is 0.936. The summed E-state index contributed by atoms with van der Waals surface area (Å²) in [5, 5.41) is 2.80. The van der Waals surface area contributed by atoms with Crippen LogP contribution in [0, 0.1) is 0 Å². The van der Waals surface area contributed by atoms with Crippen LogP contribution in [0.1, 0.15) is 24.8 Å². The lowest BCUT2D eigenvalue weighted by Gasteiger charge is -2.20. The number of nitrogens with one attached hydrogen (secondary N) is 1. The Hall–Kier alpha value is -3.15. The third kappa shape index (κ3) is 4.94. The number of nitrogens with zero attached hydrogens (tertiary/aromatic N) is 2. The molecule has 1 N–H and O–H groups in total. The fourth-order valence-electron chi connectivity index (χ4n) is 3.06. The van der Waals surface area contributed by atoms with E-state index in [2.05, 4.69) is 22.3 Å². The Morgan fingerprint density at radius 2 is 1.63 bits per heavy atom. The smallest absolute Gasteiger partial charge is 0.229 e. The van der Waals surface area contributed by atoms with E-state index in [9.17, 15) is 14.4 Å². The molecule has 0 saturated carbocycles. The third-order valence-electron chi connectivity index (χ3n) is 4.57. The van der Waals surface area contributed by atoms with E-state index in [1.165, 1.54) is 10.5 Å². The van der Waals surface area contributed by atoms with E-state index in [0.29, 0.717) is 5.69 Å². The van der Waals surface area contributed by atoms with Crippen LogP contribution >= 0.6 is 0 Å². The van der Waals surface area contributed by atoms with Crippen molar-refractivity contribution in [1.29, 1.82) is 0 Å². The number of rotatable bonds is 7. The normalized spacial score (nSPS) is 13.7. The minimum absolute atomic E-state index is 0.104. The predicted molar refractivity (Wildman–Crippen MR) is 104 cm³/mol. The van der Waals surface area contributed by atoms with E-state index in [1.54, 1.807) is 0 Å². The number of hydrogen-bond acceptors (Lipinski definition) is 4. The average Bonchev–Trinajstić information content (AvgIpc) is 2.99. The van der Waals surface area contributed by atoms with Gasteiger partial charge in [0.25, 0.3) is 0 Å². The van der Waals surface area contributed by atoms with Crippen LogP contribution in [0.4, 0.5) is 11.4 Å². The number of benzene rings is 2. The zero-order valence-corrected chi connectivity index (χ0v) is 15.4. The first-order valence-electron chi connectivity index (χ1n) is 9.01. The van der Waals surface area contributed by atoms with Gasteiger partial charge < -0.3 is 10.2 Å². The summed E-state index contributed by atoms with van der Waals surface area (Å²) in [6, 6.07) is 17.8. The van der Waals surface area contributed by atoms with E-state index in [1.807, 2.05) is 49.5 Å². The molecule has 0 unspecified atom stereocenters. The molecule has 3 amide bonds. The van der Waals surface area contributed by atoms with Crippen molar-refractivity contribution in [1.82, 2.24) is 4.90 Å². The van der Waals surface area contributed by atoms with Crippen LogP contribution in [0.15, 0.2) is 54.6 Å². The molecule has 0 atom stereocenters. The van der Waals surface area contributed by atoms with Crippen LogP contribution < -0.4 is 10.2 Å². The Labute approximate surface area is 158 Å². The van der Waals surface area contributed by atoms with Gasteiger partial charge in [-0.15, -0.1) is 0 Å². The predicted octanol–water partition coefficient (Wildman–Crippen LogP) is 2.80. The van der Waals surface area contributed by atoms with Gasteiger partial charge >= 0.3 is 0 Å². The van der Waals surface area contributed by atoms with E-state index < -0.39 is 0 Å². The first-order chi connectivity index (χ1) is 13.0. The van der Waals surface area contributed by atoms with Gasteiger partial charge in [-0.2, -0.15) is 0 Å². The molecule has 1 aliphatic rings. The van der Waals surface area contributed by atoms with Gasteiger partial charge in [0.05, 0.1) is 0 Å². The second-order valence-electron chi connectivity index (χ2n) is 6.63. The molecule has 27 heavy (non-hydrogen) atoms. The lowest BCUT2D eigenvalue weighted by molar-refractivity contribution is -0.138. The van der Waals surface area contributed by atoms with Gasteiger partial charge in [-0.1, -0.05) is 30.3 Å². The van der Waals surface area contributed by atoms with Crippen molar-refractivity contribution in [3.8, 4) is 0 Å². The average molecular weight is 365 g/mol. The van der Waals surface area contributed by atoms with E-state index in [-0.39, 0.29) is 43.5 Å². The minimum Gasteiger partial charge on any atom is -0.370 e. The van der Waals surface area contributed by atoms with Gasteiger partial charge in [-0.3, -0.25) is 19.3 Å². The molecule has 0 aromatic heterocycles. The molecule has 6 heteroatoms. The number of imide groups is 1. The maximum Gasteiger partial charge on any atom is 0.229 e. The quantitative estimate of drug-likeness (QED) is 0.766. The largest absolute Gasteiger partial charge is 0.370 e. The van der Waals surface area contributed by atoms with Crippen molar-refractivity contribution in [2.75, 3.05) is 23.8 Å². The van der Waals surface area contributed by atoms with Crippen molar-refractivity contribution < 1.29 is 14.4 Å². The number of carbonyl (C=O) groups excluding carboxylic acids is 3. The summed E-state index contributed by atoms with van der Waals surface area (Å²) in [5.74, 6) is -0.606. The summed E-state index contributed by atoms with van der Waals surface area (Å²) in [7, 11) is 2.02. The fraction of sp³-hybridized carbons (Fsp3) is 0.286. The Morgan fingerprint density at radius 3 is 2.26 bits per heavy atom. The molecule has 1 saturated heterocycles. The topological polar surface area (TPSA) is 69.7 Å². The molecule has 6 nitrogen and oxygen atoms in total. The highest BCUT2D eigenvalue weighted by Gasteiger charge is 2.28. The molecule has 0 aliphatic carbocycles. The number of carbonyl (C=O) groups is 3. The van der Waals surface area contributed by atoms with Gasteiger partial charge in [-0.05, 0) is 29.8 Å². The van der Waals surface area contributed by atoms with Gasteiger partial charge in [0.1, 0.15) is 0 Å². The number of anilines is 2. The minimum atomic E-state index is -0.215. The van der Waals surface area contributed by atoms with Gasteiger partial charge in [0.15, 0.2) is 0 Å². The van der Waals surface area contributed by atoms with Crippen molar-refractivity contribution in [3.63, 3.8) is 0 Å². The molecular weight excluding hydrogens is 342 g/mol. The maximum atomic E-state index is 12.1. The highest BCUT2D eigenvalue weighted by Crippen LogP contribution is 2.19. The molecule has 2 aromatic rings. The molecule has 3 rings (SSSR count). The summed E-state index contributed by atoms with van der Waals surface area (Å²) < 4.78 is 0. The summed E-state index contributed by atoms with van der Waals surface area (Å²) >= 11 is 0. The van der Waals surface area contributed by atoms with Crippen molar-refractivity contribution in [3.05, 3.63) is 60.2 Å². The lowest BCUT2D eigenvalue weighted by atomic mass is 10.2. The summed E-state index contributed by atoms with van der Waals surface area (Å²) in [4.78, 5) is 38.5. The van der Waals surface area contributed by atoms with E-state index >= 15 is 0 Å². The number of likely N-dealkylation sites (tertiary alicyclic amines) is 1. The molecule has 1 fully saturated rings.